The number of carbonyl (C=O) groups is 1. The molecule has 0 aliphatic rings. The average molecular weight is 288 g/mol. The van der Waals surface area contributed by atoms with Gasteiger partial charge in [-0.2, -0.15) is 0 Å². The van der Waals surface area contributed by atoms with Crippen LogP contribution in [0.4, 0.5) is 0 Å². The molecule has 1 heterocycles. The number of nitrogens with zero attached hydrogens (tertiary/aromatic N) is 1. The Balaban J connectivity index is 2.12. The van der Waals surface area contributed by atoms with E-state index in [0.717, 1.165) is 23.4 Å². The van der Waals surface area contributed by atoms with Gasteiger partial charge in [0.25, 0.3) is 5.91 Å². The monoisotopic (exact) mass is 288 g/mol. The highest BCUT2D eigenvalue weighted by atomic mass is 16.5. The summed E-state index contributed by atoms with van der Waals surface area (Å²) in [6.07, 6.45) is 0.897. The van der Waals surface area contributed by atoms with E-state index in [-0.39, 0.29) is 5.91 Å². The van der Waals surface area contributed by atoms with Gasteiger partial charge in [0.05, 0.1) is 16.8 Å². The van der Waals surface area contributed by atoms with E-state index in [1.165, 1.54) is 0 Å². The molecule has 21 heavy (non-hydrogen) atoms. The number of carbonyl (C=O) groups excluding carboxylic acids is 1. The molecule has 1 aromatic heterocycles. The van der Waals surface area contributed by atoms with Crippen molar-refractivity contribution in [2.24, 2.45) is 0 Å². The maximum Gasteiger partial charge on any atom is 0.255 e. The molecule has 1 aromatic carbocycles. The number of nitrogens with one attached hydrogen (secondary N) is 1. The van der Waals surface area contributed by atoms with Crippen LogP contribution < -0.4 is 10.1 Å². The lowest BCUT2D eigenvalue weighted by molar-refractivity contribution is 0.0949. The molecule has 0 saturated carbocycles. The zero-order chi connectivity index (χ0) is 15.2. The first-order valence-electron chi connectivity index (χ1n) is 7.05. The van der Waals surface area contributed by atoms with Crippen molar-refractivity contribution in [2.75, 3.05) is 6.54 Å². The van der Waals surface area contributed by atoms with Crippen LogP contribution >= 0.6 is 0 Å². The van der Waals surface area contributed by atoms with Gasteiger partial charge in [-0.15, -0.1) is 0 Å². The lowest BCUT2D eigenvalue weighted by atomic mass is 10.2. The average Bonchev–Trinajstić information content (AvgIpc) is 2.82. The van der Waals surface area contributed by atoms with Crippen LogP contribution in [0.1, 0.15) is 40.7 Å². The first-order valence-corrected chi connectivity index (χ1v) is 7.05. The van der Waals surface area contributed by atoms with Gasteiger partial charge in [-0.3, -0.25) is 4.79 Å². The van der Waals surface area contributed by atoms with Crippen molar-refractivity contribution in [3.05, 3.63) is 46.8 Å². The number of hydrogen-bond donors (Lipinski definition) is 1. The van der Waals surface area contributed by atoms with Gasteiger partial charge in [0, 0.05) is 6.54 Å². The highest BCUT2D eigenvalue weighted by Gasteiger charge is 2.14. The summed E-state index contributed by atoms with van der Waals surface area (Å²) in [5.41, 5.74) is 2.26. The molecule has 2 aromatic rings. The zero-order valence-electron chi connectivity index (χ0n) is 12.6. The summed E-state index contributed by atoms with van der Waals surface area (Å²) in [4.78, 5) is 12.1. The van der Waals surface area contributed by atoms with E-state index in [1.807, 2.05) is 32.9 Å². The maximum atomic E-state index is 12.1. The normalized spacial score (nSPS) is 10.4. The SMILES string of the molecule is CCCNC(=O)c1ccccc1OCc1c(C)noc1C. The number of ether oxygens (including phenoxy) is 1. The molecule has 0 spiro atoms. The number of aromatic nitrogens is 1. The van der Waals surface area contributed by atoms with Crippen molar-refractivity contribution in [1.29, 1.82) is 0 Å². The van der Waals surface area contributed by atoms with Crippen LogP contribution in [0.15, 0.2) is 28.8 Å². The Morgan fingerprint density at radius 1 is 1.33 bits per heavy atom. The highest BCUT2D eigenvalue weighted by molar-refractivity contribution is 5.96. The number of para-hydroxylation sites is 1. The number of amides is 1. The van der Waals surface area contributed by atoms with Gasteiger partial charge < -0.3 is 14.6 Å². The van der Waals surface area contributed by atoms with Crippen molar-refractivity contribution in [1.82, 2.24) is 10.5 Å². The topological polar surface area (TPSA) is 64.4 Å². The molecule has 5 nitrogen and oxygen atoms in total. The smallest absolute Gasteiger partial charge is 0.255 e. The molecule has 5 heteroatoms. The van der Waals surface area contributed by atoms with Crippen molar-refractivity contribution in [3.63, 3.8) is 0 Å². The fourth-order valence-electron chi connectivity index (χ4n) is 1.97. The lowest BCUT2D eigenvalue weighted by Gasteiger charge is -2.11. The minimum absolute atomic E-state index is 0.119. The Labute approximate surface area is 124 Å². The summed E-state index contributed by atoms with van der Waals surface area (Å²) in [5, 5.41) is 6.75. The van der Waals surface area contributed by atoms with Crippen molar-refractivity contribution < 1.29 is 14.1 Å². The molecule has 0 unspecified atom stereocenters. The third-order valence-electron chi connectivity index (χ3n) is 3.22. The largest absolute Gasteiger partial charge is 0.488 e. The van der Waals surface area contributed by atoms with Gasteiger partial charge in [-0.05, 0) is 32.4 Å². The van der Waals surface area contributed by atoms with E-state index in [4.69, 9.17) is 9.26 Å². The van der Waals surface area contributed by atoms with Crippen LogP contribution in [0.2, 0.25) is 0 Å². The molecule has 0 saturated heterocycles. The van der Waals surface area contributed by atoms with Crippen LogP contribution in [0.3, 0.4) is 0 Å². The summed E-state index contributed by atoms with van der Waals surface area (Å²) < 4.78 is 10.9. The fourth-order valence-corrected chi connectivity index (χ4v) is 1.97. The van der Waals surface area contributed by atoms with Crippen LogP contribution in [0.25, 0.3) is 0 Å². The Bertz CT molecular complexity index is 600. The second kappa shape index (κ2) is 6.92. The molecule has 0 bridgehead atoms. The van der Waals surface area contributed by atoms with Crippen LogP contribution in [-0.4, -0.2) is 17.6 Å². The predicted octanol–water partition coefficient (Wildman–Crippen LogP) is 3.01. The van der Waals surface area contributed by atoms with Crippen molar-refractivity contribution in [2.45, 2.75) is 33.8 Å². The van der Waals surface area contributed by atoms with Gasteiger partial charge in [0.2, 0.25) is 0 Å². The summed E-state index contributed by atoms with van der Waals surface area (Å²) in [7, 11) is 0. The molecule has 0 radical (unpaired) electrons. The van der Waals surface area contributed by atoms with Crippen molar-refractivity contribution in [3.8, 4) is 5.75 Å². The van der Waals surface area contributed by atoms with Gasteiger partial charge >= 0.3 is 0 Å². The standard InChI is InChI=1S/C16H20N2O3/c1-4-9-17-16(19)13-7-5-6-8-15(13)20-10-14-11(2)18-21-12(14)3/h5-8H,4,9-10H2,1-3H3,(H,17,19). The van der Waals surface area contributed by atoms with E-state index >= 15 is 0 Å². The summed E-state index contributed by atoms with van der Waals surface area (Å²) >= 11 is 0. The van der Waals surface area contributed by atoms with Crippen LogP contribution in [0, 0.1) is 13.8 Å². The molecule has 2 rings (SSSR count). The molecular formula is C16H20N2O3. The van der Waals surface area contributed by atoms with Crippen molar-refractivity contribution >= 4 is 5.91 Å². The van der Waals surface area contributed by atoms with E-state index in [0.29, 0.717) is 24.5 Å². The van der Waals surface area contributed by atoms with E-state index in [2.05, 4.69) is 10.5 Å². The summed E-state index contributed by atoms with van der Waals surface area (Å²) in [5.74, 6) is 1.18. The second-order valence-electron chi connectivity index (χ2n) is 4.84. The van der Waals surface area contributed by atoms with Gasteiger partial charge in [0.1, 0.15) is 18.1 Å². The maximum absolute atomic E-state index is 12.1. The first kappa shape index (κ1) is 15.1. The Hall–Kier alpha value is -2.30. The van der Waals surface area contributed by atoms with Crippen LogP contribution in [0.5, 0.6) is 5.75 Å². The second-order valence-corrected chi connectivity index (χ2v) is 4.84. The minimum Gasteiger partial charge on any atom is -0.488 e. The van der Waals surface area contributed by atoms with Gasteiger partial charge in [-0.25, -0.2) is 0 Å². The highest BCUT2D eigenvalue weighted by Crippen LogP contribution is 2.21. The Morgan fingerprint density at radius 3 is 2.76 bits per heavy atom. The summed E-state index contributed by atoms with van der Waals surface area (Å²) in [6.45, 7) is 6.71. The summed E-state index contributed by atoms with van der Waals surface area (Å²) in [6, 6.07) is 7.22. The molecule has 0 fully saturated rings. The van der Waals surface area contributed by atoms with Crippen LogP contribution in [-0.2, 0) is 6.61 Å². The number of hydrogen-bond acceptors (Lipinski definition) is 4. The predicted molar refractivity (Wildman–Crippen MR) is 79.4 cm³/mol. The molecule has 1 amide bonds. The molecular weight excluding hydrogens is 268 g/mol. The molecule has 112 valence electrons. The molecule has 0 aliphatic heterocycles. The van der Waals surface area contributed by atoms with E-state index in [1.54, 1.807) is 12.1 Å². The first-order chi connectivity index (χ1) is 10.1. The number of rotatable bonds is 6. The fraction of sp³-hybridized carbons (Fsp3) is 0.375. The molecule has 0 aliphatic carbocycles. The Kier molecular flexibility index (Phi) is 4.98. The third kappa shape index (κ3) is 3.62. The number of aryl methyl sites for hydroxylation is 2. The third-order valence-corrected chi connectivity index (χ3v) is 3.22. The minimum atomic E-state index is -0.119. The van der Waals surface area contributed by atoms with E-state index < -0.39 is 0 Å². The lowest BCUT2D eigenvalue weighted by Crippen LogP contribution is -2.24. The Morgan fingerprint density at radius 2 is 2.10 bits per heavy atom. The molecule has 0 atom stereocenters. The quantitative estimate of drug-likeness (QED) is 0.887. The van der Waals surface area contributed by atoms with Gasteiger partial charge in [0.15, 0.2) is 0 Å². The molecule has 1 N–H and O–H groups in total. The zero-order valence-corrected chi connectivity index (χ0v) is 12.6. The number of benzene rings is 1. The van der Waals surface area contributed by atoms with E-state index in [9.17, 15) is 4.79 Å². The van der Waals surface area contributed by atoms with Gasteiger partial charge in [-0.1, -0.05) is 24.2 Å².